The molecular formula is C54H86NO14P. The average Bonchev–Trinajstić information content (AvgIpc) is 3.32. The average molecular weight is 1000 g/mol. The molecule has 2 bridgehead atoms. The molecule has 0 aromatic rings. The number of fused-ring (bicyclic) bond motifs is 3. The van der Waals surface area contributed by atoms with E-state index >= 15 is 0 Å². The molecule has 396 valence electrons. The highest BCUT2D eigenvalue weighted by Crippen LogP contribution is 2.44. The van der Waals surface area contributed by atoms with Crippen LogP contribution in [0.4, 0.5) is 0 Å². The van der Waals surface area contributed by atoms with Crippen molar-refractivity contribution in [1.82, 2.24) is 4.90 Å². The van der Waals surface area contributed by atoms with E-state index in [4.69, 9.17) is 28.2 Å². The fourth-order valence-corrected chi connectivity index (χ4v) is 11.5. The van der Waals surface area contributed by atoms with Gasteiger partial charge in [-0.15, -0.1) is 0 Å². The van der Waals surface area contributed by atoms with Gasteiger partial charge in [-0.05, 0) is 113 Å². The molecule has 4 rings (SSSR count). The van der Waals surface area contributed by atoms with Gasteiger partial charge in [0, 0.05) is 71.8 Å². The van der Waals surface area contributed by atoms with E-state index in [1.54, 1.807) is 54.4 Å². The molecule has 1 amide bonds. The molecule has 15 nitrogen and oxygen atoms in total. The normalized spacial score (nSPS) is 37.4. The summed E-state index contributed by atoms with van der Waals surface area (Å²) in [5, 5.41) is 23.5. The number of aliphatic hydroxyl groups is 2. The van der Waals surface area contributed by atoms with Gasteiger partial charge in [0.25, 0.3) is 11.7 Å². The third kappa shape index (κ3) is 16.4. The van der Waals surface area contributed by atoms with Crippen LogP contribution < -0.4 is 0 Å². The van der Waals surface area contributed by atoms with Crippen molar-refractivity contribution in [3.05, 3.63) is 47.6 Å². The summed E-state index contributed by atoms with van der Waals surface area (Å²) >= 11 is 0. The van der Waals surface area contributed by atoms with Crippen LogP contribution in [-0.4, -0.2) is 140 Å². The lowest BCUT2D eigenvalue weighted by Crippen LogP contribution is -2.61. The number of rotatable bonds is 9. The maximum absolute atomic E-state index is 14.5. The Bertz CT molecular complexity index is 1960. The van der Waals surface area contributed by atoms with Gasteiger partial charge in [-0.25, -0.2) is 4.79 Å². The minimum atomic E-state index is -2.75. The molecule has 16 heteroatoms. The smallest absolute Gasteiger partial charge is 0.329 e. The number of esters is 1. The van der Waals surface area contributed by atoms with Crippen LogP contribution in [0.3, 0.4) is 0 Å². The minimum absolute atomic E-state index is 0.0139. The van der Waals surface area contributed by atoms with E-state index in [0.29, 0.717) is 63.4 Å². The van der Waals surface area contributed by atoms with Gasteiger partial charge in [0.1, 0.15) is 30.1 Å². The number of Topliss-reactive ketones (excluding diaryl/α,β-unsaturated/α-hetero) is 3. The van der Waals surface area contributed by atoms with Crippen LogP contribution in [0.2, 0.25) is 0 Å². The SMILES string of the molecule is CO[C@H]1C[C@@H]2CC[C@@H](C)[C@@](O)(O2)C(=O)C(=O)N2CCCC[C@H]2C(=O)O[C@H]([C@H](C)CC[C@@H]2CC[C@@H](OP(C)(C)=O)[C@H](OC)C2)CC(=O)[C@H](C)/C=C(\C)[C@@H](O)[C@@H](OC)C(=O)[C@H](C)C[C@H](C)/C=C/C=CC=C1C. The summed E-state index contributed by atoms with van der Waals surface area (Å²) in [5.41, 5.74) is 1.26. The highest BCUT2D eigenvalue weighted by molar-refractivity contribution is 7.57. The zero-order valence-electron chi connectivity index (χ0n) is 44.1. The van der Waals surface area contributed by atoms with Crippen molar-refractivity contribution in [3.8, 4) is 0 Å². The van der Waals surface area contributed by atoms with Crippen molar-refractivity contribution in [3.63, 3.8) is 0 Å². The molecule has 1 aliphatic carbocycles. The summed E-state index contributed by atoms with van der Waals surface area (Å²) in [6.45, 7) is 16.0. The van der Waals surface area contributed by atoms with Gasteiger partial charge in [-0.1, -0.05) is 71.1 Å². The molecule has 0 unspecified atom stereocenters. The van der Waals surface area contributed by atoms with Gasteiger partial charge in [0.2, 0.25) is 5.79 Å². The molecular weight excluding hydrogens is 918 g/mol. The number of methoxy groups -OCH3 is 3. The van der Waals surface area contributed by atoms with E-state index in [1.165, 1.54) is 12.0 Å². The van der Waals surface area contributed by atoms with Crippen LogP contribution >= 0.6 is 7.37 Å². The molecule has 15 atom stereocenters. The Hall–Kier alpha value is -3.14. The van der Waals surface area contributed by atoms with Crippen molar-refractivity contribution < 1.29 is 67.0 Å². The first-order valence-corrected chi connectivity index (χ1v) is 28.2. The molecule has 0 aromatic carbocycles. The fourth-order valence-electron chi connectivity index (χ4n) is 10.6. The molecule has 0 spiro atoms. The van der Waals surface area contributed by atoms with Crippen molar-refractivity contribution >= 4 is 36.6 Å². The number of hydrogen-bond donors (Lipinski definition) is 2. The number of aliphatic hydroxyl groups excluding tert-OH is 1. The third-order valence-corrected chi connectivity index (χ3v) is 15.9. The summed E-state index contributed by atoms with van der Waals surface area (Å²) in [6.07, 6.45) is 12.6. The van der Waals surface area contributed by atoms with Gasteiger partial charge in [-0.2, -0.15) is 0 Å². The van der Waals surface area contributed by atoms with Crippen LogP contribution in [-0.2, 0) is 56.7 Å². The highest BCUT2D eigenvalue weighted by atomic mass is 31.2. The molecule has 4 aliphatic rings. The molecule has 0 radical (unpaired) electrons. The molecule has 2 saturated heterocycles. The number of nitrogens with zero attached hydrogens (tertiary/aromatic N) is 1. The number of amides is 1. The molecule has 3 heterocycles. The van der Waals surface area contributed by atoms with E-state index in [0.717, 1.165) is 18.4 Å². The molecule has 0 aromatic heterocycles. The topological polar surface area (TPSA) is 201 Å². The van der Waals surface area contributed by atoms with Crippen LogP contribution in [0, 0.1) is 35.5 Å². The number of ketones is 3. The first-order valence-electron chi connectivity index (χ1n) is 25.7. The lowest BCUT2D eigenvalue weighted by Gasteiger charge is -2.42. The summed E-state index contributed by atoms with van der Waals surface area (Å²) in [6, 6.07) is -1.15. The Kier molecular flexibility index (Phi) is 23.1. The van der Waals surface area contributed by atoms with Gasteiger partial charge >= 0.3 is 5.97 Å². The van der Waals surface area contributed by atoms with Crippen LogP contribution in [0.5, 0.6) is 0 Å². The van der Waals surface area contributed by atoms with E-state index in [2.05, 4.69) is 0 Å². The highest BCUT2D eigenvalue weighted by Gasteiger charge is 2.53. The maximum atomic E-state index is 14.5. The van der Waals surface area contributed by atoms with Gasteiger partial charge < -0.3 is 43.3 Å². The quantitative estimate of drug-likeness (QED) is 0.0970. The number of hydrogen-bond acceptors (Lipinski definition) is 14. The standard InChI is InChI=1S/C54H86NO14P/c1-33-18-14-13-15-19-34(2)45(64-8)31-41-25-22-39(7)54(62,68-41)51(59)52(60)55-27-17-16-20-42(55)53(61)67-46(35(3)21-23-40-24-26-44(47(30-40)65-9)69-70(11,12)63)32-43(56)36(4)29-38(6)49(58)50(66-10)48(57)37(5)28-33/h13-15,18-19,29,33,35-37,39-42,44-47,49-50,58,62H,16-17,20-28,30-32H2,1-12H3/b15-13?,18-14+,34-19?,38-29+/t33-,35-,36-,37-,39-,40-,41+,42+,44-,45+,46+,47-,49-,50+,54-/m1/s1. The van der Waals surface area contributed by atoms with Crippen molar-refractivity contribution in [2.75, 3.05) is 41.2 Å². The minimum Gasteiger partial charge on any atom is -0.460 e. The Morgan fingerprint density at radius 2 is 1.57 bits per heavy atom. The van der Waals surface area contributed by atoms with Crippen molar-refractivity contribution in [2.45, 2.75) is 186 Å². The van der Waals surface area contributed by atoms with Crippen LogP contribution in [0.15, 0.2) is 47.6 Å². The first-order chi connectivity index (χ1) is 32.9. The number of piperidine rings is 1. The Morgan fingerprint density at radius 1 is 0.857 bits per heavy atom. The predicted molar refractivity (Wildman–Crippen MR) is 268 cm³/mol. The van der Waals surface area contributed by atoms with Crippen LogP contribution in [0.25, 0.3) is 0 Å². The predicted octanol–water partition coefficient (Wildman–Crippen LogP) is 8.13. The molecule has 2 N–H and O–H groups in total. The molecule has 3 fully saturated rings. The lowest BCUT2D eigenvalue weighted by atomic mass is 9.80. The number of allylic oxidation sites excluding steroid dienone is 6. The Balaban J connectivity index is 1.68. The summed E-state index contributed by atoms with van der Waals surface area (Å²) < 4.78 is 48.1. The van der Waals surface area contributed by atoms with E-state index < -0.39 is 85.1 Å². The van der Waals surface area contributed by atoms with Gasteiger partial charge in [-0.3, -0.25) is 23.7 Å². The fraction of sp³-hybridized carbons (Fsp3) is 0.759. The second-order valence-corrected chi connectivity index (χ2v) is 24.0. The van der Waals surface area contributed by atoms with E-state index in [1.807, 2.05) is 58.1 Å². The second kappa shape index (κ2) is 27.2. The zero-order valence-corrected chi connectivity index (χ0v) is 45.0. The van der Waals surface area contributed by atoms with Crippen LogP contribution in [0.1, 0.15) is 132 Å². The zero-order chi connectivity index (χ0) is 52.1. The Labute approximate surface area is 418 Å². The molecule has 3 aliphatic heterocycles. The number of cyclic esters (lactones) is 1. The van der Waals surface area contributed by atoms with Gasteiger partial charge in [0.05, 0.1) is 24.4 Å². The summed E-state index contributed by atoms with van der Waals surface area (Å²) in [5.74, 6) is -7.88. The number of carbonyl (C=O) groups excluding carboxylic acids is 5. The van der Waals surface area contributed by atoms with Crippen molar-refractivity contribution in [2.24, 2.45) is 35.5 Å². The summed E-state index contributed by atoms with van der Waals surface area (Å²) in [7, 11) is 1.83. The maximum Gasteiger partial charge on any atom is 0.329 e. The van der Waals surface area contributed by atoms with Gasteiger partial charge in [0.15, 0.2) is 13.2 Å². The molecule has 70 heavy (non-hydrogen) atoms. The van der Waals surface area contributed by atoms with E-state index in [9.17, 15) is 38.8 Å². The van der Waals surface area contributed by atoms with Crippen molar-refractivity contribution in [1.29, 1.82) is 0 Å². The third-order valence-electron chi connectivity index (χ3n) is 15.2. The first kappa shape index (κ1) is 59.4. The Morgan fingerprint density at radius 3 is 2.23 bits per heavy atom. The number of carbonyl (C=O) groups is 5. The molecule has 1 saturated carbocycles. The largest absolute Gasteiger partial charge is 0.460 e. The second-order valence-electron chi connectivity index (χ2n) is 21.3. The lowest BCUT2D eigenvalue weighted by molar-refractivity contribution is -0.265. The summed E-state index contributed by atoms with van der Waals surface area (Å²) in [4.78, 5) is 72.2. The monoisotopic (exact) mass is 1000 g/mol. The van der Waals surface area contributed by atoms with E-state index in [-0.39, 0.29) is 60.9 Å². The number of ether oxygens (including phenoxy) is 5.